The van der Waals surface area contributed by atoms with E-state index in [1.807, 2.05) is 7.05 Å². The standard InChI is InChI=1S/C17H36N4O/c1-5-6-7-8-17(2,3)15-20-16(18-4)19-9-10-21-11-13-22-14-12-21/h5-15H2,1-4H3,(H2,18,19,20). The fourth-order valence-corrected chi connectivity index (χ4v) is 2.64. The Labute approximate surface area is 136 Å². The van der Waals surface area contributed by atoms with Crippen LogP contribution in [0.4, 0.5) is 0 Å². The van der Waals surface area contributed by atoms with E-state index < -0.39 is 0 Å². The molecule has 1 aliphatic heterocycles. The Bertz CT molecular complexity index is 312. The van der Waals surface area contributed by atoms with Crippen molar-refractivity contribution in [3.05, 3.63) is 0 Å². The predicted molar refractivity (Wildman–Crippen MR) is 94.5 cm³/mol. The summed E-state index contributed by atoms with van der Waals surface area (Å²) in [5.41, 5.74) is 0.316. The summed E-state index contributed by atoms with van der Waals surface area (Å²) in [6.45, 7) is 13.7. The van der Waals surface area contributed by atoms with E-state index >= 15 is 0 Å². The summed E-state index contributed by atoms with van der Waals surface area (Å²) in [6, 6.07) is 0. The highest BCUT2D eigenvalue weighted by Gasteiger charge is 2.17. The Morgan fingerprint density at radius 3 is 2.55 bits per heavy atom. The van der Waals surface area contributed by atoms with Gasteiger partial charge >= 0.3 is 0 Å². The summed E-state index contributed by atoms with van der Waals surface area (Å²) < 4.78 is 5.37. The molecule has 5 heteroatoms. The number of unbranched alkanes of at least 4 members (excludes halogenated alkanes) is 2. The first-order valence-electron chi connectivity index (χ1n) is 8.82. The second kappa shape index (κ2) is 10.8. The third-order valence-electron chi connectivity index (χ3n) is 4.24. The molecule has 1 saturated heterocycles. The van der Waals surface area contributed by atoms with Crippen molar-refractivity contribution in [1.29, 1.82) is 0 Å². The minimum Gasteiger partial charge on any atom is -0.379 e. The van der Waals surface area contributed by atoms with Crippen LogP contribution in [0.15, 0.2) is 4.99 Å². The van der Waals surface area contributed by atoms with E-state index in [2.05, 4.69) is 41.3 Å². The molecule has 0 unspecified atom stereocenters. The zero-order valence-electron chi connectivity index (χ0n) is 15.1. The molecular formula is C17H36N4O. The second-order valence-corrected chi connectivity index (χ2v) is 6.93. The van der Waals surface area contributed by atoms with Crippen LogP contribution in [-0.4, -0.2) is 63.8 Å². The van der Waals surface area contributed by atoms with Gasteiger partial charge in [-0.05, 0) is 11.8 Å². The first-order chi connectivity index (χ1) is 10.6. The van der Waals surface area contributed by atoms with Crippen molar-refractivity contribution < 1.29 is 4.74 Å². The lowest BCUT2D eigenvalue weighted by Gasteiger charge is -2.28. The number of nitrogens with zero attached hydrogens (tertiary/aromatic N) is 2. The van der Waals surface area contributed by atoms with Crippen LogP contribution in [0, 0.1) is 5.41 Å². The molecule has 2 N–H and O–H groups in total. The van der Waals surface area contributed by atoms with Crippen molar-refractivity contribution in [2.24, 2.45) is 10.4 Å². The maximum atomic E-state index is 5.37. The molecule has 1 rings (SSSR count). The molecule has 0 aliphatic carbocycles. The molecule has 0 spiro atoms. The lowest BCUT2D eigenvalue weighted by atomic mass is 9.87. The zero-order valence-corrected chi connectivity index (χ0v) is 15.1. The molecular weight excluding hydrogens is 276 g/mol. The molecule has 130 valence electrons. The number of morpholine rings is 1. The molecule has 0 radical (unpaired) electrons. The maximum Gasteiger partial charge on any atom is 0.191 e. The van der Waals surface area contributed by atoms with Crippen LogP contribution in [0.5, 0.6) is 0 Å². The van der Waals surface area contributed by atoms with E-state index in [1.54, 1.807) is 0 Å². The molecule has 22 heavy (non-hydrogen) atoms. The topological polar surface area (TPSA) is 48.9 Å². The average Bonchev–Trinajstić information content (AvgIpc) is 2.52. The zero-order chi connectivity index (χ0) is 16.3. The van der Waals surface area contributed by atoms with Gasteiger partial charge in [0.05, 0.1) is 13.2 Å². The van der Waals surface area contributed by atoms with Crippen molar-refractivity contribution >= 4 is 5.96 Å². The first-order valence-corrected chi connectivity index (χ1v) is 8.82. The van der Waals surface area contributed by atoms with Gasteiger partial charge in [-0.3, -0.25) is 9.89 Å². The third-order valence-corrected chi connectivity index (χ3v) is 4.24. The summed E-state index contributed by atoms with van der Waals surface area (Å²) in [7, 11) is 1.84. The summed E-state index contributed by atoms with van der Waals surface area (Å²) in [5.74, 6) is 0.914. The van der Waals surface area contributed by atoms with E-state index in [1.165, 1.54) is 25.7 Å². The normalized spacial score (nSPS) is 17.5. The fraction of sp³-hybridized carbons (Fsp3) is 0.941. The van der Waals surface area contributed by atoms with Crippen LogP contribution in [0.2, 0.25) is 0 Å². The van der Waals surface area contributed by atoms with Crippen LogP contribution in [-0.2, 0) is 4.74 Å². The fourth-order valence-electron chi connectivity index (χ4n) is 2.64. The van der Waals surface area contributed by atoms with Crippen LogP contribution >= 0.6 is 0 Å². The molecule has 0 atom stereocenters. The first kappa shape index (κ1) is 19.2. The van der Waals surface area contributed by atoms with Crippen molar-refractivity contribution in [1.82, 2.24) is 15.5 Å². The van der Waals surface area contributed by atoms with E-state index in [9.17, 15) is 0 Å². The Hall–Kier alpha value is -0.810. The number of aliphatic imine (C=N–C) groups is 1. The average molecular weight is 313 g/mol. The van der Waals surface area contributed by atoms with Gasteiger partial charge in [0.2, 0.25) is 0 Å². The Balaban J connectivity index is 2.18. The van der Waals surface area contributed by atoms with Crippen LogP contribution in [0.25, 0.3) is 0 Å². The second-order valence-electron chi connectivity index (χ2n) is 6.93. The highest BCUT2D eigenvalue weighted by molar-refractivity contribution is 5.79. The molecule has 1 fully saturated rings. The molecule has 0 aromatic heterocycles. The molecule has 0 amide bonds. The minimum absolute atomic E-state index is 0.316. The highest BCUT2D eigenvalue weighted by Crippen LogP contribution is 2.22. The lowest BCUT2D eigenvalue weighted by Crippen LogP contribution is -2.46. The SMILES string of the molecule is CCCCCC(C)(C)CNC(=NC)NCCN1CCOCC1. The van der Waals surface area contributed by atoms with Crippen LogP contribution in [0.3, 0.4) is 0 Å². The molecule has 1 heterocycles. The summed E-state index contributed by atoms with van der Waals surface area (Å²) in [4.78, 5) is 6.75. The molecule has 0 aromatic carbocycles. The Kier molecular flexibility index (Phi) is 9.48. The van der Waals surface area contributed by atoms with Gasteiger partial charge in [0.1, 0.15) is 0 Å². The monoisotopic (exact) mass is 312 g/mol. The molecule has 1 aliphatic rings. The quantitative estimate of drug-likeness (QED) is 0.389. The number of hydrogen-bond acceptors (Lipinski definition) is 3. The van der Waals surface area contributed by atoms with E-state index in [0.29, 0.717) is 5.41 Å². The van der Waals surface area contributed by atoms with Gasteiger partial charge in [-0.1, -0.05) is 40.0 Å². The molecule has 0 aromatic rings. The van der Waals surface area contributed by atoms with Crippen molar-refractivity contribution in [2.45, 2.75) is 46.5 Å². The molecule has 5 nitrogen and oxygen atoms in total. The molecule has 0 bridgehead atoms. The summed E-state index contributed by atoms with van der Waals surface area (Å²) >= 11 is 0. The van der Waals surface area contributed by atoms with Gasteiger partial charge in [0, 0.05) is 39.8 Å². The van der Waals surface area contributed by atoms with Crippen LogP contribution in [0.1, 0.15) is 46.5 Å². The number of nitrogens with one attached hydrogen (secondary N) is 2. The minimum atomic E-state index is 0.316. The number of ether oxygens (including phenoxy) is 1. The number of hydrogen-bond donors (Lipinski definition) is 2. The Morgan fingerprint density at radius 2 is 1.91 bits per heavy atom. The highest BCUT2D eigenvalue weighted by atomic mass is 16.5. The largest absolute Gasteiger partial charge is 0.379 e. The van der Waals surface area contributed by atoms with Crippen LogP contribution < -0.4 is 10.6 Å². The maximum absolute atomic E-state index is 5.37. The van der Waals surface area contributed by atoms with Gasteiger partial charge in [0.15, 0.2) is 5.96 Å². The number of guanidine groups is 1. The predicted octanol–water partition coefficient (Wildman–Crippen LogP) is 2.09. The molecule has 0 saturated carbocycles. The van der Waals surface area contributed by atoms with Gasteiger partial charge in [-0.2, -0.15) is 0 Å². The van der Waals surface area contributed by atoms with E-state index in [0.717, 1.165) is 51.9 Å². The van der Waals surface area contributed by atoms with Gasteiger partial charge in [-0.15, -0.1) is 0 Å². The summed E-state index contributed by atoms with van der Waals surface area (Å²) in [6.07, 6.45) is 5.19. The van der Waals surface area contributed by atoms with Gasteiger partial charge in [0.25, 0.3) is 0 Å². The van der Waals surface area contributed by atoms with E-state index in [4.69, 9.17) is 4.74 Å². The van der Waals surface area contributed by atoms with E-state index in [-0.39, 0.29) is 0 Å². The van der Waals surface area contributed by atoms with Gasteiger partial charge < -0.3 is 15.4 Å². The van der Waals surface area contributed by atoms with Crippen molar-refractivity contribution in [3.8, 4) is 0 Å². The van der Waals surface area contributed by atoms with Crippen molar-refractivity contribution in [2.75, 3.05) is 53.0 Å². The summed E-state index contributed by atoms with van der Waals surface area (Å²) in [5, 5.41) is 6.88. The van der Waals surface area contributed by atoms with Gasteiger partial charge in [-0.25, -0.2) is 0 Å². The third kappa shape index (κ3) is 8.59. The lowest BCUT2D eigenvalue weighted by molar-refractivity contribution is 0.0389. The van der Waals surface area contributed by atoms with Crippen molar-refractivity contribution in [3.63, 3.8) is 0 Å². The number of rotatable bonds is 9. The smallest absolute Gasteiger partial charge is 0.191 e. The Morgan fingerprint density at radius 1 is 1.18 bits per heavy atom.